The summed E-state index contributed by atoms with van der Waals surface area (Å²) in [5, 5.41) is 7.11. The summed E-state index contributed by atoms with van der Waals surface area (Å²) < 4.78 is 2.44. The summed E-state index contributed by atoms with van der Waals surface area (Å²) in [6.07, 6.45) is 0. The van der Waals surface area contributed by atoms with Gasteiger partial charge < -0.3 is 4.57 Å². The molecule has 0 aliphatic carbocycles. The highest BCUT2D eigenvalue weighted by Crippen LogP contribution is 2.40. The summed E-state index contributed by atoms with van der Waals surface area (Å²) in [4.78, 5) is 15.5. The van der Waals surface area contributed by atoms with E-state index in [0.29, 0.717) is 17.5 Å². The lowest BCUT2D eigenvalue weighted by Crippen LogP contribution is -2.02. The monoisotopic (exact) mass is 726 g/mol. The summed E-state index contributed by atoms with van der Waals surface area (Å²) in [6.45, 7) is 0. The normalized spacial score (nSPS) is 11.5. The molecule has 11 aromatic rings. The fraction of sp³-hybridized carbons (Fsp3) is 0. The third kappa shape index (κ3) is 5.66. The highest BCUT2D eigenvalue weighted by molar-refractivity contribution is 6.19. The van der Waals surface area contributed by atoms with Crippen LogP contribution >= 0.6 is 0 Å². The molecule has 0 radical (unpaired) electrons. The SMILES string of the molecule is c1ccc(-c2ccc(-c3cccc(-c4nc(-c5ccccc5)nc(-c5ccc(-n6c7ccccc7c7ccc8ccccc8c76)c6ccccc56)n4)c3)cc2)cc1. The number of fused-ring (bicyclic) bond motifs is 6. The van der Waals surface area contributed by atoms with E-state index in [1.165, 1.54) is 43.7 Å². The Labute approximate surface area is 330 Å². The van der Waals surface area contributed by atoms with Gasteiger partial charge in [0.2, 0.25) is 0 Å². The van der Waals surface area contributed by atoms with Crippen LogP contribution in [0.4, 0.5) is 0 Å². The van der Waals surface area contributed by atoms with E-state index in [1.54, 1.807) is 0 Å². The molecule has 9 aromatic carbocycles. The van der Waals surface area contributed by atoms with Gasteiger partial charge in [0.15, 0.2) is 17.5 Å². The molecule has 0 saturated heterocycles. The van der Waals surface area contributed by atoms with E-state index in [9.17, 15) is 0 Å². The van der Waals surface area contributed by atoms with Gasteiger partial charge in [0, 0.05) is 38.2 Å². The molecule has 57 heavy (non-hydrogen) atoms. The molecule has 0 bridgehead atoms. The maximum Gasteiger partial charge on any atom is 0.164 e. The zero-order chi connectivity index (χ0) is 37.7. The molecule has 0 saturated carbocycles. The maximum atomic E-state index is 5.24. The topological polar surface area (TPSA) is 43.6 Å². The lowest BCUT2D eigenvalue weighted by Gasteiger charge is -2.16. The lowest BCUT2D eigenvalue weighted by atomic mass is 9.99. The third-order valence-corrected chi connectivity index (χ3v) is 11.1. The predicted octanol–water partition coefficient (Wildman–Crippen LogP) is 13.6. The van der Waals surface area contributed by atoms with Crippen molar-refractivity contribution in [2.24, 2.45) is 0 Å². The van der Waals surface area contributed by atoms with E-state index >= 15 is 0 Å². The Morgan fingerprint density at radius 3 is 1.61 bits per heavy atom. The van der Waals surface area contributed by atoms with Crippen LogP contribution in [-0.4, -0.2) is 19.5 Å². The largest absolute Gasteiger partial charge is 0.308 e. The Bertz CT molecular complexity index is 3280. The van der Waals surface area contributed by atoms with Crippen LogP contribution in [0.2, 0.25) is 0 Å². The fourth-order valence-electron chi connectivity index (χ4n) is 8.32. The van der Waals surface area contributed by atoms with Gasteiger partial charge in [0.25, 0.3) is 0 Å². The lowest BCUT2D eigenvalue weighted by molar-refractivity contribution is 1.08. The van der Waals surface area contributed by atoms with Crippen LogP contribution in [0.1, 0.15) is 0 Å². The van der Waals surface area contributed by atoms with Gasteiger partial charge in [-0.2, -0.15) is 0 Å². The molecule has 0 aliphatic rings. The molecule has 4 heteroatoms. The molecule has 0 fully saturated rings. The van der Waals surface area contributed by atoms with E-state index in [0.717, 1.165) is 44.3 Å². The number of aromatic nitrogens is 4. The molecule has 0 atom stereocenters. The van der Waals surface area contributed by atoms with Gasteiger partial charge in [-0.15, -0.1) is 0 Å². The standard InChI is InChI=1S/C53H34N4/c1-3-14-35(15-4-1)36-26-28-37(29-27-36)40-19-13-20-41(34-40)52-54-51(39-17-5-2-6-18-39)55-53(56-52)47-32-33-49(44-23-10-9-22-43(44)47)57-48-25-12-11-24-45(48)46-31-30-38-16-7-8-21-42(38)50(46)57/h1-34H. The number of para-hydroxylation sites is 1. The molecular weight excluding hydrogens is 693 g/mol. The maximum absolute atomic E-state index is 5.24. The van der Waals surface area contributed by atoms with Crippen molar-refractivity contribution in [1.29, 1.82) is 0 Å². The van der Waals surface area contributed by atoms with Crippen molar-refractivity contribution < 1.29 is 0 Å². The molecule has 266 valence electrons. The first-order chi connectivity index (χ1) is 28.3. The minimum absolute atomic E-state index is 0.628. The van der Waals surface area contributed by atoms with E-state index < -0.39 is 0 Å². The number of benzene rings is 9. The second-order valence-corrected chi connectivity index (χ2v) is 14.4. The van der Waals surface area contributed by atoms with Crippen molar-refractivity contribution in [3.63, 3.8) is 0 Å². The average molecular weight is 727 g/mol. The van der Waals surface area contributed by atoms with Crippen LogP contribution < -0.4 is 0 Å². The van der Waals surface area contributed by atoms with Crippen molar-refractivity contribution >= 4 is 43.4 Å². The minimum Gasteiger partial charge on any atom is -0.308 e. The second-order valence-electron chi connectivity index (χ2n) is 14.4. The second kappa shape index (κ2) is 13.6. The van der Waals surface area contributed by atoms with Crippen LogP contribution in [0.25, 0.3) is 105 Å². The van der Waals surface area contributed by atoms with Crippen molar-refractivity contribution in [2.75, 3.05) is 0 Å². The Morgan fingerprint density at radius 2 is 0.842 bits per heavy atom. The minimum atomic E-state index is 0.628. The molecule has 0 unspecified atom stereocenters. The average Bonchev–Trinajstić information content (AvgIpc) is 3.64. The molecule has 2 heterocycles. The zero-order valence-electron chi connectivity index (χ0n) is 30.9. The number of hydrogen-bond donors (Lipinski definition) is 0. The van der Waals surface area contributed by atoms with Crippen LogP contribution in [-0.2, 0) is 0 Å². The molecule has 0 spiro atoms. The van der Waals surface area contributed by atoms with E-state index in [-0.39, 0.29) is 0 Å². The van der Waals surface area contributed by atoms with Gasteiger partial charge in [0.05, 0.1) is 16.7 Å². The van der Waals surface area contributed by atoms with Gasteiger partial charge in [-0.05, 0) is 57.3 Å². The highest BCUT2D eigenvalue weighted by Gasteiger charge is 2.20. The third-order valence-electron chi connectivity index (χ3n) is 11.1. The Kier molecular flexibility index (Phi) is 7.78. The first-order valence-corrected chi connectivity index (χ1v) is 19.3. The highest BCUT2D eigenvalue weighted by atomic mass is 15.0. The fourth-order valence-corrected chi connectivity index (χ4v) is 8.32. The number of nitrogens with zero attached hydrogens (tertiary/aromatic N) is 4. The first kappa shape index (κ1) is 32.7. The Hall–Kier alpha value is -7.69. The summed E-state index contributed by atoms with van der Waals surface area (Å²) in [5.74, 6) is 1.89. The molecule has 0 aliphatic heterocycles. The van der Waals surface area contributed by atoms with Gasteiger partial charge >= 0.3 is 0 Å². The van der Waals surface area contributed by atoms with E-state index in [2.05, 4.69) is 187 Å². The quantitative estimate of drug-likeness (QED) is 0.171. The summed E-state index contributed by atoms with van der Waals surface area (Å²) >= 11 is 0. The predicted molar refractivity (Wildman–Crippen MR) is 236 cm³/mol. The van der Waals surface area contributed by atoms with Gasteiger partial charge in [-0.1, -0.05) is 182 Å². The van der Waals surface area contributed by atoms with E-state index in [1.807, 2.05) is 24.3 Å². The van der Waals surface area contributed by atoms with Crippen LogP contribution in [0.3, 0.4) is 0 Å². The van der Waals surface area contributed by atoms with Crippen LogP contribution in [0, 0.1) is 0 Å². The number of hydrogen-bond acceptors (Lipinski definition) is 3. The Balaban J connectivity index is 1.08. The van der Waals surface area contributed by atoms with E-state index in [4.69, 9.17) is 15.0 Å². The summed E-state index contributed by atoms with van der Waals surface area (Å²) in [5.41, 5.74) is 10.9. The first-order valence-electron chi connectivity index (χ1n) is 19.3. The molecule has 4 nitrogen and oxygen atoms in total. The Morgan fingerprint density at radius 1 is 0.298 bits per heavy atom. The number of rotatable bonds is 6. The van der Waals surface area contributed by atoms with Crippen molar-refractivity contribution in [3.05, 3.63) is 206 Å². The molecule has 0 N–H and O–H groups in total. The smallest absolute Gasteiger partial charge is 0.164 e. The zero-order valence-corrected chi connectivity index (χ0v) is 30.9. The van der Waals surface area contributed by atoms with Crippen LogP contribution in [0.15, 0.2) is 206 Å². The van der Waals surface area contributed by atoms with Gasteiger partial charge in [0.1, 0.15) is 0 Å². The summed E-state index contributed by atoms with van der Waals surface area (Å²) in [6, 6.07) is 72.8. The molecule has 11 rings (SSSR count). The van der Waals surface area contributed by atoms with Gasteiger partial charge in [-0.3, -0.25) is 0 Å². The summed E-state index contributed by atoms with van der Waals surface area (Å²) in [7, 11) is 0. The van der Waals surface area contributed by atoms with Crippen molar-refractivity contribution in [1.82, 2.24) is 19.5 Å². The molecule has 0 amide bonds. The van der Waals surface area contributed by atoms with Crippen molar-refractivity contribution in [3.8, 4) is 62.1 Å². The molecule has 2 aromatic heterocycles. The molecular formula is C53H34N4. The van der Waals surface area contributed by atoms with Crippen molar-refractivity contribution in [2.45, 2.75) is 0 Å². The van der Waals surface area contributed by atoms with Crippen LogP contribution in [0.5, 0.6) is 0 Å². The van der Waals surface area contributed by atoms with Gasteiger partial charge in [-0.25, -0.2) is 15.0 Å².